The van der Waals surface area contributed by atoms with E-state index < -0.39 is 0 Å². The molecular weight excluding hydrogens is 376 g/mol. The molecule has 0 aliphatic heterocycles. The summed E-state index contributed by atoms with van der Waals surface area (Å²) in [6.45, 7) is 4.15. The summed E-state index contributed by atoms with van der Waals surface area (Å²) in [6.07, 6.45) is 0.459. The zero-order valence-corrected chi connectivity index (χ0v) is 14.1. The van der Waals surface area contributed by atoms with E-state index in [1.54, 1.807) is 0 Å². The molecule has 0 radical (unpaired) electrons. The van der Waals surface area contributed by atoms with Crippen molar-refractivity contribution in [3.8, 4) is 0 Å². The fourth-order valence-electron chi connectivity index (χ4n) is 1.67. The zero-order chi connectivity index (χ0) is 13.3. The quantitative estimate of drug-likeness (QED) is 0.651. The molecule has 0 saturated carbocycles. The zero-order valence-electron chi connectivity index (χ0n) is 10.1. The summed E-state index contributed by atoms with van der Waals surface area (Å²) in [5, 5.41) is 0. The SMILES string of the molecule is Cc1ccc(CC(=O)c2cc(Br)c(Br)s2)cc1C. The van der Waals surface area contributed by atoms with Gasteiger partial charge in [-0.25, -0.2) is 0 Å². The molecule has 0 saturated heterocycles. The number of carbonyl (C=O) groups excluding carboxylic acids is 1. The lowest BCUT2D eigenvalue weighted by Crippen LogP contribution is -2.01. The summed E-state index contributed by atoms with van der Waals surface area (Å²) in [5.41, 5.74) is 3.56. The first kappa shape index (κ1) is 14.0. The standard InChI is InChI=1S/C14H12Br2OS/c1-8-3-4-10(5-9(8)2)6-12(17)13-7-11(15)14(16)18-13/h3-5,7H,6H2,1-2H3. The second-order valence-corrected chi connectivity index (χ2v) is 7.48. The highest BCUT2D eigenvalue weighted by atomic mass is 79.9. The molecule has 1 aromatic carbocycles. The lowest BCUT2D eigenvalue weighted by molar-refractivity contribution is 0.0997. The highest BCUT2D eigenvalue weighted by molar-refractivity contribution is 9.13. The highest BCUT2D eigenvalue weighted by Gasteiger charge is 2.12. The Hall–Kier alpha value is -0.450. The van der Waals surface area contributed by atoms with E-state index in [9.17, 15) is 4.79 Å². The predicted molar refractivity (Wildman–Crippen MR) is 83.7 cm³/mol. The van der Waals surface area contributed by atoms with Gasteiger partial charge in [0.25, 0.3) is 0 Å². The first-order chi connectivity index (χ1) is 8.47. The third kappa shape index (κ3) is 3.11. The van der Waals surface area contributed by atoms with Crippen LogP contribution in [-0.4, -0.2) is 5.78 Å². The van der Waals surface area contributed by atoms with Crippen LogP contribution in [0.25, 0.3) is 0 Å². The van der Waals surface area contributed by atoms with Gasteiger partial charge in [-0.2, -0.15) is 0 Å². The maximum atomic E-state index is 12.1. The minimum atomic E-state index is 0.162. The van der Waals surface area contributed by atoms with Crippen molar-refractivity contribution >= 4 is 49.0 Å². The lowest BCUT2D eigenvalue weighted by atomic mass is 10.0. The number of aryl methyl sites for hydroxylation is 2. The Morgan fingerprint density at radius 1 is 1.17 bits per heavy atom. The van der Waals surface area contributed by atoms with Crippen LogP contribution in [-0.2, 0) is 6.42 Å². The number of hydrogen-bond donors (Lipinski definition) is 0. The molecule has 0 amide bonds. The van der Waals surface area contributed by atoms with Crippen LogP contribution < -0.4 is 0 Å². The summed E-state index contributed by atoms with van der Waals surface area (Å²) in [5.74, 6) is 0.162. The fourth-order valence-corrected chi connectivity index (χ4v) is 3.64. The number of halogens is 2. The Labute approximate surface area is 127 Å². The normalized spacial score (nSPS) is 10.7. The molecule has 0 aliphatic carbocycles. The van der Waals surface area contributed by atoms with Crippen LogP contribution in [0.5, 0.6) is 0 Å². The molecule has 18 heavy (non-hydrogen) atoms. The summed E-state index contributed by atoms with van der Waals surface area (Å²) >= 11 is 8.28. The molecule has 4 heteroatoms. The third-order valence-corrected chi connectivity index (χ3v) is 6.15. The van der Waals surface area contributed by atoms with Crippen LogP contribution in [0.1, 0.15) is 26.4 Å². The molecule has 1 aromatic heterocycles. The Kier molecular flexibility index (Phi) is 4.41. The number of hydrogen-bond acceptors (Lipinski definition) is 2. The fraction of sp³-hybridized carbons (Fsp3) is 0.214. The van der Waals surface area contributed by atoms with Gasteiger partial charge in [0, 0.05) is 10.9 Å². The van der Waals surface area contributed by atoms with Gasteiger partial charge in [-0.3, -0.25) is 4.79 Å². The number of Topliss-reactive ketones (excluding diaryl/α,β-unsaturated/α-hetero) is 1. The number of rotatable bonds is 3. The van der Waals surface area contributed by atoms with E-state index in [1.807, 2.05) is 12.1 Å². The molecule has 0 atom stereocenters. The van der Waals surface area contributed by atoms with Crippen molar-refractivity contribution in [2.45, 2.75) is 20.3 Å². The Balaban J connectivity index is 2.18. The first-order valence-corrected chi connectivity index (χ1v) is 7.92. The number of thiophene rings is 1. The van der Waals surface area contributed by atoms with Crippen LogP contribution in [0.2, 0.25) is 0 Å². The van der Waals surface area contributed by atoms with Crippen molar-refractivity contribution in [2.75, 3.05) is 0 Å². The summed E-state index contributed by atoms with van der Waals surface area (Å²) in [4.78, 5) is 12.9. The van der Waals surface area contributed by atoms with Gasteiger partial charge in [0.1, 0.15) is 0 Å². The molecule has 94 valence electrons. The van der Waals surface area contributed by atoms with E-state index in [1.165, 1.54) is 22.5 Å². The molecule has 1 heterocycles. The molecule has 0 unspecified atom stereocenters. The van der Waals surface area contributed by atoms with Gasteiger partial charge in [-0.1, -0.05) is 18.2 Å². The van der Waals surface area contributed by atoms with Gasteiger partial charge in [0.15, 0.2) is 5.78 Å². The van der Waals surface area contributed by atoms with E-state index >= 15 is 0 Å². The van der Waals surface area contributed by atoms with E-state index in [4.69, 9.17) is 0 Å². The van der Waals surface area contributed by atoms with Crippen molar-refractivity contribution in [1.82, 2.24) is 0 Å². The van der Waals surface area contributed by atoms with Crippen LogP contribution in [0, 0.1) is 13.8 Å². The van der Waals surface area contributed by atoms with E-state index in [2.05, 4.69) is 57.8 Å². The third-order valence-electron chi connectivity index (χ3n) is 2.86. The Morgan fingerprint density at radius 3 is 2.44 bits per heavy atom. The smallest absolute Gasteiger partial charge is 0.177 e. The molecule has 0 fully saturated rings. The molecule has 0 N–H and O–H groups in total. The lowest BCUT2D eigenvalue weighted by Gasteiger charge is -2.03. The summed E-state index contributed by atoms with van der Waals surface area (Å²) in [7, 11) is 0. The van der Waals surface area contributed by atoms with Crippen molar-refractivity contribution in [2.24, 2.45) is 0 Å². The molecule has 1 nitrogen and oxygen atoms in total. The summed E-state index contributed by atoms with van der Waals surface area (Å²) < 4.78 is 1.90. The largest absolute Gasteiger partial charge is 0.293 e. The van der Waals surface area contributed by atoms with E-state index in [0.717, 1.165) is 18.7 Å². The highest BCUT2D eigenvalue weighted by Crippen LogP contribution is 2.33. The van der Waals surface area contributed by atoms with Gasteiger partial charge < -0.3 is 0 Å². The maximum Gasteiger partial charge on any atom is 0.177 e. The van der Waals surface area contributed by atoms with Crippen LogP contribution in [0.15, 0.2) is 32.5 Å². The van der Waals surface area contributed by atoms with Gasteiger partial charge >= 0.3 is 0 Å². The number of ketones is 1. The van der Waals surface area contributed by atoms with Crippen LogP contribution in [0.4, 0.5) is 0 Å². The van der Waals surface area contributed by atoms with Gasteiger partial charge in [0.2, 0.25) is 0 Å². The monoisotopic (exact) mass is 386 g/mol. The molecule has 2 aromatic rings. The molecular formula is C14H12Br2OS. The Bertz CT molecular complexity index is 582. The van der Waals surface area contributed by atoms with Gasteiger partial charge in [-0.05, 0) is 68.5 Å². The average molecular weight is 388 g/mol. The minimum Gasteiger partial charge on any atom is -0.293 e. The van der Waals surface area contributed by atoms with E-state index in [0.29, 0.717) is 6.42 Å². The average Bonchev–Trinajstić information content (AvgIpc) is 2.65. The summed E-state index contributed by atoms with van der Waals surface area (Å²) in [6, 6.07) is 8.05. The topological polar surface area (TPSA) is 17.1 Å². The van der Waals surface area contributed by atoms with Crippen molar-refractivity contribution in [3.63, 3.8) is 0 Å². The second-order valence-electron chi connectivity index (χ2n) is 4.25. The molecule has 0 spiro atoms. The predicted octanol–water partition coefficient (Wildman–Crippen LogP) is 5.32. The first-order valence-electron chi connectivity index (χ1n) is 5.51. The van der Waals surface area contributed by atoms with E-state index in [-0.39, 0.29) is 5.78 Å². The maximum absolute atomic E-state index is 12.1. The molecule has 2 rings (SSSR count). The minimum absolute atomic E-state index is 0.162. The second kappa shape index (κ2) is 5.68. The number of benzene rings is 1. The van der Waals surface area contributed by atoms with Crippen LogP contribution in [0.3, 0.4) is 0 Å². The van der Waals surface area contributed by atoms with Gasteiger partial charge in [0.05, 0.1) is 8.66 Å². The van der Waals surface area contributed by atoms with Crippen molar-refractivity contribution < 1.29 is 4.79 Å². The van der Waals surface area contributed by atoms with Crippen molar-refractivity contribution in [1.29, 1.82) is 0 Å². The van der Waals surface area contributed by atoms with Gasteiger partial charge in [-0.15, -0.1) is 11.3 Å². The molecule has 0 bridgehead atoms. The van der Waals surface area contributed by atoms with Crippen LogP contribution >= 0.6 is 43.2 Å². The van der Waals surface area contributed by atoms with Crippen molar-refractivity contribution in [3.05, 3.63) is 54.1 Å². The Morgan fingerprint density at radius 2 is 1.89 bits per heavy atom. The molecule has 0 aliphatic rings. The number of carbonyl (C=O) groups is 1.